The molecule has 0 N–H and O–H groups in total. The molecule has 0 unspecified atom stereocenters. The third kappa shape index (κ3) is 4.45. The molecule has 2 rings (SSSR count). The van der Waals surface area contributed by atoms with Crippen LogP contribution in [0.1, 0.15) is 6.92 Å². The van der Waals surface area contributed by atoms with Crippen molar-refractivity contribution in [3.05, 3.63) is 46.7 Å². The van der Waals surface area contributed by atoms with E-state index in [1.165, 1.54) is 13.2 Å². The Bertz CT molecular complexity index is 707. The van der Waals surface area contributed by atoms with Crippen LogP contribution in [0.5, 0.6) is 17.2 Å². The number of halogens is 2. The minimum atomic E-state index is -0.433. The predicted octanol–water partition coefficient (Wildman–Crippen LogP) is 5.00. The van der Waals surface area contributed by atoms with Gasteiger partial charge in [0, 0.05) is 30.2 Å². The molecule has 0 heterocycles. The van der Waals surface area contributed by atoms with Gasteiger partial charge in [0.05, 0.1) is 19.1 Å². The van der Waals surface area contributed by atoms with E-state index in [9.17, 15) is 4.39 Å². The Morgan fingerprint density at radius 3 is 2.61 bits per heavy atom. The Morgan fingerprint density at radius 2 is 1.96 bits per heavy atom. The van der Waals surface area contributed by atoms with E-state index in [1.54, 1.807) is 36.7 Å². The minimum absolute atomic E-state index is 0.139. The highest BCUT2D eigenvalue weighted by atomic mass is 79.9. The number of ether oxygens (including phenoxy) is 2. The summed E-state index contributed by atoms with van der Waals surface area (Å²) in [5, 5.41) is 0. The van der Waals surface area contributed by atoms with Gasteiger partial charge in [0.2, 0.25) is 0 Å². The van der Waals surface area contributed by atoms with Crippen molar-refractivity contribution in [2.45, 2.75) is 6.92 Å². The van der Waals surface area contributed by atoms with Crippen LogP contribution in [-0.2, 0) is 0 Å². The topological polar surface area (TPSA) is 34.1 Å². The number of benzene rings is 2. The molecule has 0 saturated carbocycles. The third-order valence-corrected chi connectivity index (χ3v) is 3.82. The van der Waals surface area contributed by atoms with Crippen molar-refractivity contribution < 1.29 is 13.9 Å². The summed E-state index contributed by atoms with van der Waals surface area (Å²) in [5.41, 5.74) is 0.697. The maximum atomic E-state index is 13.7. The van der Waals surface area contributed by atoms with Gasteiger partial charge in [0.25, 0.3) is 0 Å². The zero-order valence-electron chi connectivity index (χ0n) is 13.2. The molecule has 4 nitrogen and oxygen atoms in total. The molecule has 0 atom stereocenters. The van der Waals surface area contributed by atoms with E-state index in [4.69, 9.17) is 9.47 Å². The lowest BCUT2D eigenvalue weighted by atomic mass is 10.2. The van der Waals surface area contributed by atoms with Crippen LogP contribution in [0.4, 0.5) is 10.1 Å². The number of nitrogens with zero attached hydrogens (tertiary/aromatic N) is 2. The molecule has 0 radical (unpaired) electrons. The zero-order valence-corrected chi connectivity index (χ0v) is 14.8. The molecule has 0 amide bonds. The second-order valence-corrected chi connectivity index (χ2v) is 5.66. The van der Waals surface area contributed by atoms with Crippen LogP contribution in [0.25, 0.3) is 0 Å². The average molecular weight is 381 g/mol. The molecular formula is C17H18BrFN2O2. The zero-order chi connectivity index (χ0) is 16.8. The highest BCUT2D eigenvalue weighted by Gasteiger charge is 2.12. The van der Waals surface area contributed by atoms with Crippen LogP contribution in [0.3, 0.4) is 0 Å². The van der Waals surface area contributed by atoms with E-state index in [2.05, 4.69) is 20.9 Å². The van der Waals surface area contributed by atoms with Gasteiger partial charge in [-0.3, -0.25) is 0 Å². The maximum Gasteiger partial charge on any atom is 0.170 e. The Balaban J connectivity index is 2.33. The fourth-order valence-corrected chi connectivity index (χ4v) is 2.18. The molecule has 122 valence electrons. The minimum Gasteiger partial charge on any atom is -0.493 e. The molecule has 0 spiro atoms. The number of aliphatic imine (C=N–C) groups is 1. The van der Waals surface area contributed by atoms with E-state index in [-0.39, 0.29) is 5.75 Å². The summed E-state index contributed by atoms with van der Waals surface area (Å²) in [6, 6.07) is 9.67. The highest BCUT2D eigenvalue weighted by molar-refractivity contribution is 9.10. The van der Waals surface area contributed by atoms with Gasteiger partial charge >= 0.3 is 0 Å². The Hall–Kier alpha value is -2.08. The van der Waals surface area contributed by atoms with Gasteiger partial charge in [-0.05, 0) is 35.0 Å². The summed E-state index contributed by atoms with van der Waals surface area (Å²) in [6.45, 7) is 2.89. The van der Waals surface area contributed by atoms with Gasteiger partial charge in [-0.25, -0.2) is 9.38 Å². The van der Waals surface area contributed by atoms with Crippen molar-refractivity contribution in [3.63, 3.8) is 0 Å². The number of rotatable bonds is 6. The molecule has 0 saturated heterocycles. The van der Waals surface area contributed by atoms with Gasteiger partial charge in [0.15, 0.2) is 23.1 Å². The van der Waals surface area contributed by atoms with Crippen LogP contribution < -0.4 is 9.47 Å². The fourth-order valence-electron chi connectivity index (χ4n) is 1.75. The monoisotopic (exact) mass is 380 g/mol. The van der Waals surface area contributed by atoms with Crippen molar-refractivity contribution in [1.29, 1.82) is 0 Å². The lowest BCUT2D eigenvalue weighted by Gasteiger charge is -2.13. The first-order valence-electron chi connectivity index (χ1n) is 7.09. The Morgan fingerprint density at radius 1 is 1.22 bits per heavy atom. The van der Waals surface area contributed by atoms with Crippen LogP contribution >= 0.6 is 15.9 Å². The van der Waals surface area contributed by atoms with Crippen LogP contribution in [-0.4, -0.2) is 31.9 Å². The second kappa shape index (κ2) is 7.97. The first kappa shape index (κ1) is 17.3. The third-order valence-electron chi connectivity index (χ3n) is 3.18. The van der Waals surface area contributed by atoms with Crippen molar-refractivity contribution in [3.8, 4) is 17.2 Å². The summed E-state index contributed by atoms with van der Waals surface area (Å²) >= 11 is 3.45. The number of methoxy groups -OCH3 is 1. The molecule has 0 aliphatic carbocycles. The smallest absolute Gasteiger partial charge is 0.170 e. The van der Waals surface area contributed by atoms with Gasteiger partial charge in [0.1, 0.15) is 0 Å². The predicted molar refractivity (Wildman–Crippen MR) is 93.6 cm³/mol. The van der Waals surface area contributed by atoms with E-state index in [0.29, 0.717) is 17.2 Å². The molecule has 0 aliphatic rings. The normalized spacial score (nSPS) is 10.8. The SMILES string of the molecule is CCN(C)/C=N/c1cc(OC)c(Oc2ccccc2F)cc1Br. The van der Waals surface area contributed by atoms with E-state index >= 15 is 0 Å². The summed E-state index contributed by atoms with van der Waals surface area (Å²) in [5.74, 6) is 0.590. The van der Waals surface area contributed by atoms with Gasteiger partial charge in [-0.1, -0.05) is 12.1 Å². The van der Waals surface area contributed by atoms with Crippen molar-refractivity contribution in [2.75, 3.05) is 20.7 Å². The largest absolute Gasteiger partial charge is 0.493 e. The van der Waals surface area contributed by atoms with E-state index in [1.807, 2.05) is 18.9 Å². The first-order chi connectivity index (χ1) is 11.0. The van der Waals surface area contributed by atoms with Crippen LogP contribution in [0.15, 0.2) is 45.9 Å². The second-order valence-electron chi connectivity index (χ2n) is 4.80. The molecule has 2 aromatic carbocycles. The van der Waals surface area contributed by atoms with Gasteiger partial charge in [-0.15, -0.1) is 0 Å². The summed E-state index contributed by atoms with van der Waals surface area (Å²) in [7, 11) is 3.47. The fraction of sp³-hybridized carbons (Fsp3) is 0.235. The molecule has 2 aromatic rings. The quantitative estimate of drug-likeness (QED) is 0.522. The summed E-state index contributed by atoms with van der Waals surface area (Å²) in [4.78, 5) is 6.34. The van der Waals surface area contributed by atoms with Crippen molar-refractivity contribution in [1.82, 2.24) is 4.90 Å². The molecular weight excluding hydrogens is 363 g/mol. The number of hydrogen-bond acceptors (Lipinski definition) is 3. The lowest BCUT2D eigenvalue weighted by molar-refractivity contribution is 0.371. The number of hydrogen-bond donors (Lipinski definition) is 0. The van der Waals surface area contributed by atoms with Crippen LogP contribution in [0.2, 0.25) is 0 Å². The van der Waals surface area contributed by atoms with E-state index in [0.717, 1.165) is 11.0 Å². The standard InChI is InChI=1S/C17H18BrFN2O2/c1-4-21(2)11-20-14-10-16(22-3)17(9-12(14)18)23-15-8-6-5-7-13(15)19/h5-11H,4H2,1-3H3/b20-11+. The van der Waals surface area contributed by atoms with Crippen LogP contribution in [0, 0.1) is 5.82 Å². The molecule has 0 bridgehead atoms. The molecule has 0 aliphatic heterocycles. The lowest BCUT2D eigenvalue weighted by Crippen LogP contribution is -2.14. The van der Waals surface area contributed by atoms with Gasteiger partial charge in [-0.2, -0.15) is 0 Å². The maximum absolute atomic E-state index is 13.7. The molecule has 0 aromatic heterocycles. The van der Waals surface area contributed by atoms with E-state index < -0.39 is 5.82 Å². The number of para-hydroxylation sites is 1. The summed E-state index contributed by atoms with van der Waals surface area (Å²) in [6.07, 6.45) is 1.73. The Labute approximate surface area is 143 Å². The average Bonchev–Trinajstić information content (AvgIpc) is 2.55. The highest BCUT2D eigenvalue weighted by Crippen LogP contribution is 2.40. The summed E-state index contributed by atoms with van der Waals surface area (Å²) < 4.78 is 25.4. The van der Waals surface area contributed by atoms with Gasteiger partial charge < -0.3 is 14.4 Å². The molecule has 0 fully saturated rings. The Kier molecular flexibility index (Phi) is 5.98. The first-order valence-corrected chi connectivity index (χ1v) is 7.88. The molecule has 23 heavy (non-hydrogen) atoms. The van der Waals surface area contributed by atoms with Crippen molar-refractivity contribution >= 4 is 28.0 Å². The van der Waals surface area contributed by atoms with Crippen molar-refractivity contribution in [2.24, 2.45) is 4.99 Å². The molecule has 6 heteroatoms.